The Labute approximate surface area is 165 Å². The Balaban J connectivity index is 2.35. The van der Waals surface area contributed by atoms with Crippen LogP contribution in [0.5, 0.6) is 0 Å². The molecule has 4 amide bonds. The maximum absolute atomic E-state index is 11.7. The Morgan fingerprint density at radius 3 is 1.97 bits per heavy atom. The van der Waals surface area contributed by atoms with E-state index in [1.54, 1.807) is 0 Å². The van der Waals surface area contributed by atoms with Crippen molar-refractivity contribution in [1.29, 1.82) is 0 Å². The smallest absolute Gasteiger partial charge is 0.431 e. The summed E-state index contributed by atoms with van der Waals surface area (Å²) in [6.07, 6.45) is -2.58. The molecule has 14 heteroatoms. The van der Waals surface area contributed by atoms with E-state index in [-0.39, 0.29) is 45.5 Å². The van der Waals surface area contributed by atoms with E-state index >= 15 is 0 Å². The number of carbonyl (C=O) groups excluding carboxylic acids is 5. The molecule has 0 atom stereocenters. The van der Waals surface area contributed by atoms with E-state index in [1.807, 2.05) is 11.0 Å². The molecule has 1 rings (SSSR count). The molecule has 164 valence electrons. The maximum atomic E-state index is 11.7. The average Bonchev–Trinajstić information content (AvgIpc) is 2.99. The van der Waals surface area contributed by atoms with Crippen molar-refractivity contribution in [2.24, 2.45) is 0 Å². The molecule has 0 unspecified atom stereocenters. The predicted octanol–water partition coefficient (Wildman–Crippen LogP) is -0.666. The van der Waals surface area contributed by atoms with Gasteiger partial charge in [-0.15, -0.1) is 5.06 Å². The van der Waals surface area contributed by atoms with E-state index in [2.05, 4.69) is 9.68 Å². The molecule has 1 fully saturated rings. The van der Waals surface area contributed by atoms with E-state index in [4.69, 9.17) is 19.0 Å². The number of rotatable bonds is 12. The first-order valence-electron chi connectivity index (χ1n) is 8.47. The summed E-state index contributed by atoms with van der Waals surface area (Å²) < 4.78 is 15.0. The zero-order chi connectivity index (χ0) is 21.6. The monoisotopic (exact) mass is 421 g/mol. The van der Waals surface area contributed by atoms with Crippen LogP contribution in [0.4, 0.5) is 9.59 Å². The Bertz CT molecular complexity index is 560. The fraction of sp³-hybridized carbons (Fsp3) is 0.667. The molecule has 0 aromatic carbocycles. The molecule has 1 heterocycles. The molecule has 0 aromatic rings. The van der Waals surface area contributed by atoms with Gasteiger partial charge in [0.1, 0.15) is 19.3 Å². The normalized spacial score (nSPS) is 13.4. The van der Waals surface area contributed by atoms with Crippen molar-refractivity contribution in [2.45, 2.75) is 31.8 Å². The molecular formula is C15H23N3O11. The van der Waals surface area contributed by atoms with Crippen molar-refractivity contribution in [1.82, 2.24) is 16.0 Å². The molecule has 0 spiro atoms. The van der Waals surface area contributed by atoms with Gasteiger partial charge in [-0.1, -0.05) is 0 Å². The van der Waals surface area contributed by atoms with Crippen LogP contribution in [-0.2, 0) is 43.1 Å². The number of nitrogens with one attached hydrogen (secondary N) is 2. The van der Waals surface area contributed by atoms with Crippen LogP contribution in [0, 0.1) is 0 Å². The average molecular weight is 421 g/mol. The lowest BCUT2D eigenvalue weighted by Crippen LogP contribution is -2.34. The van der Waals surface area contributed by atoms with Gasteiger partial charge < -0.3 is 19.0 Å². The second-order valence-electron chi connectivity index (χ2n) is 5.45. The van der Waals surface area contributed by atoms with E-state index in [0.29, 0.717) is 5.06 Å². The second-order valence-corrected chi connectivity index (χ2v) is 5.45. The van der Waals surface area contributed by atoms with Gasteiger partial charge in [0.25, 0.3) is 11.8 Å². The van der Waals surface area contributed by atoms with Gasteiger partial charge >= 0.3 is 18.2 Å². The van der Waals surface area contributed by atoms with Gasteiger partial charge in [0.15, 0.2) is 0 Å². The third-order valence-corrected chi connectivity index (χ3v) is 3.25. The summed E-state index contributed by atoms with van der Waals surface area (Å²) in [7, 11) is 2.44. The van der Waals surface area contributed by atoms with Gasteiger partial charge in [0.05, 0.1) is 20.6 Å². The number of nitrogens with zero attached hydrogens (tertiary/aromatic N) is 1. The summed E-state index contributed by atoms with van der Waals surface area (Å²) in [5, 5.41) is 0.455. The van der Waals surface area contributed by atoms with Gasteiger partial charge in [-0.3, -0.25) is 19.3 Å². The SMILES string of the molecule is CONC(=O)OCC(COC(=O)NOC)OCCCC(=O)ON1C(=O)CCC1=O. The fourth-order valence-corrected chi connectivity index (χ4v) is 1.98. The second kappa shape index (κ2) is 13.2. The lowest BCUT2D eigenvalue weighted by molar-refractivity contribution is -0.197. The minimum Gasteiger partial charge on any atom is -0.445 e. The molecule has 14 nitrogen and oxygen atoms in total. The molecule has 1 aliphatic rings. The Morgan fingerprint density at radius 2 is 1.48 bits per heavy atom. The standard InChI is InChI=1S/C15H23N3O11/c1-24-16-14(22)27-8-10(9-28-15(23)17-25-2)26-7-3-4-13(21)29-18-11(19)5-6-12(18)20/h10H,3-9H2,1-2H3,(H,16,22)(H,17,23). The van der Waals surface area contributed by atoms with Crippen LogP contribution in [0.2, 0.25) is 0 Å². The van der Waals surface area contributed by atoms with Crippen molar-refractivity contribution in [3.63, 3.8) is 0 Å². The first-order valence-corrected chi connectivity index (χ1v) is 8.47. The third kappa shape index (κ3) is 9.68. The maximum Gasteiger partial charge on any atom is 0.431 e. The Morgan fingerprint density at radius 1 is 0.966 bits per heavy atom. The van der Waals surface area contributed by atoms with Crippen molar-refractivity contribution in [3.05, 3.63) is 0 Å². The molecule has 2 N–H and O–H groups in total. The van der Waals surface area contributed by atoms with Gasteiger partial charge in [-0.25, -0.2) is 14.4 Å². The summed E-state index contributed by atoms with van der Waals surface area (Å²) in [5.74, 6) is -1.92. The topological polar surface area (TPSA) is 168 Å². The van der Waals surface area contributed by atoms with Gasteiger partial charge in [-0.05, 0) is 6.42 Å². The van der Waals surface area contributed by atoms with Crippen molar-refractivity contribution in [2.75, 3.05) is 34.0 Å². The molecule has 0 radical (unpaired) electrons. The van der Waals surface area contributed by atoms with E-state index in [1.165, 1.54) is 14.2 Å². The number of imide groups is 1. The highest BCUT2D eigenvalue weighted by molar-refractivity contribution is 6.01. The minimum atomic E-state index is -0.883. The largest absolute Gasteiger partial charge is 0.445 e. The van der Waals surface area contributed by atoms with E-state index in [9.17, 15) is 24.0 Å². The quantitative estimate of drug-likeness (QED) is 0.233. The number of amides is 4. The van der Waals surface area contributed by atoms with Crippen LogP contribution in [-0.4, -0.2) is 75.2 Å². The molecule has 0 saturated carbocycles. The summed E-state index contributed by atoms with van der Waals surface area (Å²) in [6.45, 7) is -0.556. The van der Waals surface area contributed by atoms with Crippen LogP contribution < -0.4 is 11.0 Å². The zero-order valence-corrected chi connectivity index (χ0v) is 16.0. The number of ether oxygens (including phenoxy) is 3. The first-order chi connectivity index (χ1) is 13.9. The minimum absolute atomic E-state index is 0.00417. The van der Waals surface area contributed by atoms with Crippen LogP contribution in [0.15, 0.2) is 0 Å². The first kappa shape index (κ1) is 24.1. The highest BCUT2D eigenvalue weighted by Crippen LogP contribution is 2.13. The van der Waals surface area contributed by atoms with Crippen molar-refractivity contribution < 1.29 is 52.7 Å². The van der Waals surface area contributed by atoms with Crippen LogP contribution in [0.25, 0.3) is 0 Å². The van der Waals surface area contributed by atoms with Crippen LogP contribution in [0.3, 0.4) is 0 Å². The Kier molecular flexibility index (Phi) is 11.0. The lowest BCUT2D eigenvalue weighted by atomic mass is 10.3. The van der Waals surface area contributed by atoms with Gasteiger partial charge in [0, 0.05) is 19.4 Å². The Hall–Kier alpha value is -2.97. The molecule has 1 aliphatic heterocycles. The molecule has 0 aromatic heterocycles. The number of hydroxylamine groups is 4. The highest BCUT2D eigenvalue weighted by atomic mass is 16.7. The number of hydrogen-bond acceptors (Lipinski definition) is 11. The molecule has 29 heavy (non-hydrogen) atoms. The van der Waals surface area contributed by atoms with E-state index < -0.39 is 36.1 Å². The van der Waals surface area contributed by atoms with Crippen LogP contribution in [0.1, 0.15) is 25.7 Å². The van der Waals surface area contributed by atoms with Crippen molar-refractivity contribution in [3.8, 4) is 0 Å². The predicted molar refractivity (Wildman–Crippen MR) is 89.1 cm³/mol. The summed E-state index contributed by atoms with van der Waals surface area (Å²) in [4.78, 5) is 70.4. The van der Waals surface area contributed by atoms with Crippen LogP contribution >= 0.6 is 0 Å². The van der Waals surface area contributed by atoms with E-state index in [0.717, 1.165) is 0 Å². The van der Waals surface area contributed by atoms with Crippen molar-refractivity contribution >= 4 is 30.0 Å². The summed E-state index contributed by atoms with van der Waals surface area (Å²) in [5.41, 5.74) is 3.86. The zero-order valence-electron chi connectivity index (χ0n) is 16.0. The fourth-order valence-electron chi connectivity index (χ4n) is 1.98. The summed E-state index contributed by atoms with van der Waals surface area (Å²) >= 11 is 0. The molecule has 0 bridgehead atoms. The molecular weight excluding hydrogens is 398 g/mol. The number of hydrogen-bond donors (Lipinski definition) is 2. The number of carbonyl (C=O) groups is 5. The summed E-state index contributed by atoms with van der Waals surface area (Å²) in [6, 6.07) is 0. The molecule has 0 aliphatic carbocycles. The van der Waals surface area contributed by atoms with Gasteiger partial charge in [0.2, 0.25) is 0 Å². The highest BCUT2D eigenvalue weighted by Gasteiger charge is 2.32. The van der Waals surface area contributed by atoms with Gasteiger partial charge in [-0.2, -0.15) is 11.0 Å². The lowest BCUT2D eigenvalue weighted by Gasteiger charge is -2.18. The molecule has 1 saturated heterocycles. The third-order valence-electron chi connectivity index (χ3n) is 3.25.